The topological polar surface area (TPSA) is 72.3 Å². The molecule has 0 radical (unpaired) electrons. The van der Waals surface area contributed by atoms with Crippen LogP contribution in [0.25, 0.3) is 10.8 Å². The summed E-state index contributed by atoms with van der Waals surface area (Å²) in [7, 11) is 0. The molecular formula is C15H10N2O3. The zero-order chi connectivity index (χ0) is 13.9. The van der Waals surface area contributed by atoms with Crippen LogP contribution in [0, 0.1) is 0 Å². The van der Waals surface area contributed by atoms with Crippen LogP contribution in [0.5, 0.6) is 11.8 Å². The van der Waals surface area contributed by atoms with E-state index in [9.17, 15) is 4.79 Å². The lowest BCUT2D eigenvalue weighted by atomic mass is 10.1. The maximum absolute atomic E-state index is 10.9. The molecule has 0 amide bonds. The molecule has 0 saturated heterocycles. The van der Waals surface area contributed by atoms with Gasteiger partial charge in [-0.2, -0.15) is 4.98 Å². The molecule has 1 aromatic heterocycles. The number of hydrogen-bond acceptors (Lipinski definition) is 4. The predicted octanol–water partition coefficient (Wildman–Crippen LogP) is 3.12. The number of aromatic nitrogens is 2. The summed E-state index contributed by atoms with van der Waals surface area (Å²) in [5.74, 6) is -0.527. The Labute approximate surface area is 114 Å². The van der Waals surface area contributed by atoms with Crippen LogP contribution < -0.4 is 4.74 Å². The van der Waals surface area contributed by atoms with Crippen molar-refractivity contribution in [1.29, 1.82) is 0 Å². The number of nitrogens with zero attached hydrogens (tertiary/aromatic N) is 2. The second kappa shape index (κ2) is 4.97. The first-order valence-electron chi connectivity index (χ1n) is 5.96. The van der Waals surface area contributed by atoms with Gasteiger partial charge in [0, 0.05) is 11.6 Å². The van der Waals surface area contributed by atoms with Crippen LogP contribution in [-0.4, -0.2) is 21.0 Å². The first-order valence-corrected chi connectivity index (χ1v) is 5.96. The summed E-state index contributed by atoms with van der Waals surface area (Å²) in [5, 5.41) is 10.8. The van der Waals surface area contributed by atoms with E-state index in [1.807, 2.05) is 36.4 Å². The van der Waals surface area contributed by atoms with Gasteiger partial charge in [0.05, 0.1) is 0 Å². The van der Waals surface area contributed by atoms with E-state index in [0.29, 0.717) is 5.75 Å². The van der Waals surface area contributed by atoms with Crippen LogP contribution >= 0.6 is 0 Å². The number of carbonyl (C=O) groups is 1. The van der Waals surface area contributed by atoms with Crippen LogP contribution in [-0.2, 0) is 0 Å². The van der Waals surface area contributed by atoms with Crippen molar-refractivity contribution in [3.05, 3.63) is 60.4 Å². The van der Waals surface area contributed by atoms with Crippen molar-refractivity contribution in [2.75, 3.05) is 0 Å². The zero-order valence-electron chi connectivity index (χ0n) is 10.4. The highest BCUT2D eigenvalue weighted by molar-refractivity contribution is 5.88. The van der Waals surface area contributed by atoms with Gasteiger partial charge in [0.2, 0.25) is 0 Å². The molecule has 0 unspecified atom stereocenters. The molecule has 1 N–H and O–H groups in total. The second-order valence-electron chi connectivity index (χ2n) is 4.11. The van der Waals surface area contributed by atoms with E-state index in [1.165, 1.54) is 12.3 Å². The quantitative estimate of drug-likeness (QED) is 0.788. The normalized spacial score (nSPS) is 10.4. The fourth-order valence-electron chi connectivity index (χ4n) is 1.89. The smallest absolute Gasteiger partial charge is 0.354 e. The van der Waals surface area contributed by atoms with Crippen LogP contribution in [0.15, 0.2) is 54.7 Å². The first-order chi connectivity index (χ1) is 9.74. The SMILES string of the molecule is O=C(O)c1ccnc(Oc2cccc3ccccc23)n1. The average molecular weight is 266 g/mol. The van der Waals surface area contributed by atoms with Gasteiger partial charge in [-0.1, -0.05) is 36.4 Å². The fraction of sp³-hybridized carbons (Fsp3) is 0. The fourth-order valence-corrected chi connectivity index (χ4v) is 1.89. The molecule has 5 heteroatoms. The summed E-state index contributed by atoms with van der Waals surface area (Å²) in [4.78, 5) is 18.6. The van der Waals surface area contributed by atoms with Crippen LogP contribution in [0.4, 0.5) is 0 Å². The Balaban J connectivity index is 2.01. The van der Waals surface area contributed by atoms with Crippen molar-refractivity contribution in [3.63, 3.8) is 0 Å². The van der Waals surface area contributed by atoms with Crippen molar-refractivity contribution < 1.29 is 14.6 Å². The van der Waals surface area contributed by atoms with Crippen LogP contribution in [0.3, 0.4) is 0 Å². The minimum Gasteiger partial charge on any atom is -0.477 e. The van der Waals surface area contributed by atoms with Gasteiger partial charge in [-0.15, -0.1) is 0 Å². The molecule has 0 aliphatic heterocycles. The number of ether oxygens (including phenoxy) is 1. The van der Waals surface area contributed by atoms with Gasteiger partial charge < -0.3 is 9.84 Å². The minimum atomic E-state index is -1.12. The molecule has 0 bridgehead atoms. The molecule has 20 heavy (non-hydrogen) atoms. The van der Waals surface area contributed by atoms with Crippen molar-refractivity contribution >= 4 is 16.7 Å². The summed E-state index contributed by atoms with van der Waals surface area (Å²) in [6.45, 7) is 0. The molecule has 1 heterocycles. The Hall–Kier alpha value is -2.95. The van der Waals surface area contributed by atoms with Gasteiger partial charge in [0.1, 0.15) is 5.75 Å². The third-order valence-corrected chi connectivity index (χ3v) is 2.80. The number of aromatic carboxylic acids is 1. The van der Waals surface area contributed by atoms with E-state index in [4.69, 9.17) is 9.84 Å². The molecule has 0 aliphatic carbocycles. The van der Waals surface area contributed by atoms with E-state index in [2.05, 4.69) is 9.97 Å². The highest BCUT2D eigenvalue weighted by Crippen LogP contribution is 2.28. The van der Waals surface area contributed by atoms with E-state index in [1.54, 1.807) is 6.07 Å². The third kappa shape index (κ3) is 2.29. The summed E-state index contributed by atoms with van der Waals surface area (Å²) in [5.41, 5.74) is -0.102. The van der Waals surface area contributed by atoms with E-state index in [0.717, 1.165) is 10.8 Å². The molecule has 0 spiro atoms. The molecule has 5 nitrogen and oxygen atoms in total. The lowest BCUT2D eigenvalue weighted by molar-refractivity contribution is 0.0689. The van der Waals surface area contributed by atoms with Crippen LogP contribution in [0.1, 0.15) is 10.5 Å². The molecular weight excluding hydrogens is 256 g/mol. The molecule has 0 atom stereocenters. The number of fused-ring (bicyclic) bond motifs is 1. The zero-order valence-corrected chi connectivity index (χ0v) is 10.4. The van der Waals surface area contributed by atoms with Crippen molar-refractivity contribution in [3.8, 4) is 11.8 Å². The minimum absolute atomic E-state index is 0.0150. The number of hydrogen-bond donors (Lipinski definition) is 1. The molecule has 0 fully saturated rings. The average Bonchev–Trinajstić information content (AvgIpc) is 2.48. The first kappa shape index (κ1) is 12.1. The maximum atomic E-state index is 10.9. The van der Waals surface area contributed by atoms with Gasteiger partial charge in [-0.3, -0.25) is 0 Å². The Morgan fingerprint density at radius 2 is 1.85 bits per heavy atom. The number of carboxylic acids is 1. The number of benzene rings is 2. The predicted molar refractivity (Wildman–Crippen MR) is 73.0 cm³/mol. The molecule has 3 rings (SSSR count). The number of carboxylic acid groups (broad SMARTS) is 1. The van der Waals surface area contributed by atoms with Crippen molar-refractivity contribution in [1.82, 2.24) is 9.97 Å². The standard InChI is InChI=1S/C15H10N2O3/c18-14(19)12-8-9-16-15(17-12)20-13-7-3-5-10-4-1-2-6-11(10)13/h1-9H,(H,18,19). The summed E-state index contributed by atoms with van der Waals surface area (Å²) in [6.07, 6.45) is 1.36. The monoisotopic (exact) mass is 266 g/mol. The van der Waals surface area contributed by atoms with Crippen molar-refractivity contribution in [2.45, 2.75) is 0 Å². The Kier molecular flexibility index (Phi) is 3.01. The third-order valence-electron chi connectivity index (χ3n) is 2.80. The van der Waals surface area contributed by atoms with E-state index < -0.39 is 5.97 Å². The highest BCUT2D eigenvalue weighted by Gasteiger charge is 2.09. The van der Waals surface area contributed by atoms with E-state index >= 15 is 0 Å². The van der Waals surface area contributed by atoms with Gasteiger partial charge in [-0.05, 0) is 17.5 Å². The number of rotatable bonds is 3. The Morgan fingerprint density at radius 1 is 1.05 bits per heavy atom. The maximum Gasteiger partial charge on any atom is 0.354 e. The van der Waals surface area contributed by atoms with E-state index in [-0.39, 0.29) is 11.7 Å². The van der Waals surface area contributed by atoms with Gasteiger partial charge in [0.25, 0.3) is 0 Å². The molecule has 3 aromatic rings. The van der Waals surface area contributed by atoms with Gasteiger partial charge in [0.15, 0.2) is 5.69 Å². The Morgan fingerprint density at radius 3 is 2.70 bits per heavy atom. The summed E-state index contributed by atoms with van der Waals surface area (Å²) in [6, 6.07) is 14.7. The lowest BCUT2D eigenvalue weighted by Gasteiger charge is -2.07. The Bertz CT molecular complexity index is 781. The van der Waals surface area contributed by atoms with Gasteiger partial charge in [-0.25, -0.2) is 9.78 Å². The second-order valence-corrected chi connectivity index (χ2v) is 4.11. The summed E-state index contributed by atoms with van der Waals surface area (Å²) < 4.78 is 5.60. The molecule has 0 saturated carbocycles. The summed E-state index contributed by atoms with van der Waals surface area (Å²) >= 11 is 0. The van der Waals surface area contributed by atoms with Crippen LogP contribution in [0.2, 0.25) is 0 Å². The largest absolute Gasteiger partial charge is 0.477 e. The van der Waals surface area contributed by atoms with Gasteiger partial charge >= 0.3 is 12.0 Å². The molecule has 0 aliphatic rings. The molecule has 98 valence electrons. The lowest BCUT2D eigenvalue weighted by Crippen LogP contribution is -2.02. The van der Waals surface area contributed by atoms with Crippen molar-refractivity contribution in [2.24, 2.45) is 0 Å². The highest BCUT2D eigenvalue weighted by atomic mass is 16.5. The molecule has 2 aromatic carbocycles.